The van der Waals surface area contributed by atoms with Crippen LogP contribution in [0.2, 0.25) is 10.2 Å². The molecule has 2 aromatic heterocycles. The largest absolute Gasteiger partial charge is 0.493 e. The van der Waals surface area contributed by atoms with Crippen LogP contribution in [-0.4, -0.2) is 17.1 Å². The maximum absolute atomic E-state index is 13.2. The number of methoxy groups -OCH3 is 1. The summed E-state index contributed by atoms with van der Waals surface area (Å²) < 4.78 is 18.3. The minimum absolute atomic E-state index is 0.0380. The number of ether oxygens (including phenoxy) is 1. The third-order valence-electron chi connectivity index (χ3n) is 3.05. The van der Waals surface area contributed by atoms with E-state index < -0.39 is 5.82 Å². The molecule has 22 heavy (non-hydrogen) atoms. The summed E-state index contributed by atoms with van der Waals surface area (Å²) in [6, 6.07) is 7.81. The number of anilines is 2. The number of benzene rings is 1. The van der Waals surface area contributed by atoms with Crippen LogP contribution in [-0.2, 0) is 0 Å². The topological polar surface area (TPSA) is 47.0 Å². The summed E-state index contributed by atoms with van der Waals surface area (Å²) in [6.07, 6.45) is 1.63. The minimum atomic E-state index is -0.474. The van der Waals surface area contributed by atoms with E-state index in [1.807, 2.05) is 0 Å². The SMILES string of the molecule is COc1cc2nccc(Nc3ccc(F)c(Cl)c3)c2nc1Cl. The maximum atomic E-state index is 13.2. The molecule has 1 aromatic carbocycles. The second kappa shape index (κ2) is 5.94. The Balaban J connectivity index is 2.06. The van der Waals surface area contributed by atoms with Gasteiger partial charge in [0.25, 0.3) is 0 Å². The average molecular weight is 338 g/mol. The first kappa shape index (κ1) is 14.8. The predicted molar refractivity (Wildman–Crippen MR) is 85.8 cm³/mol. The highest BCUT2D eigenvalue weighted by Gasteiger charge is 2.10. The molecular weight excluding hydrogens is 328 g/mol. The minimum Gasteiger partial charge on any atom is -0.493 e. The van der Waals surface area contributed by atoms with Crippen molar-refractivity contribution in [3.05, 3.63) is 52.5 Å². The zero-order valence-electron chi connectivity index (χ0n) is 11.4. The molecule has 3 rings (SSSR count). The fourth-order valence-electron chi connectivity index (χ4n) is 2.00. The van der Waals surface area contributed by atoms with E-state index in [1.54, 1.807) is 24.4 Å². The first-order valence-corrected chi connectivity index (χ1v) is 7.05. The molecule has 0 saturated carbocycles. The smallest absolute Gasteiger partial charge is 0.171 e. The van der Waals surface area contributed by atoms with Crippen LogP contribution in [0.25, 0.3) is 11.0 Å². The number of nitrogens with zero attached hydrogens (tertiary/aromatic N) is 2. The number of rotatable bonds is 3. The molecule has 112 valence electrons. The van der Waals surface area contributed by atoms with E-state index >= 15 is 0 Å². The lowest BCUT2D eigenvalue weighted by Crippen LogP contribution is -1.96. The molecular formula is C15H10Cl2FN3O. The highest BCUT2D eigenvalue weighted by atomic mass is 35.5. The van der Waals surface area contributed by atoms with Crippen LogP contribution in [0, 0.1) is 5.82 Å². The van der Waals surface area contributed by atoms with Gasteiger partial charge in [-0.25, -0.2) is 9.37 Å². The van der Waals surface area contributed by atoms with Gasteiger partial charge in [0.05, 0.1) is 23.3 Å². The Morgan fingerprint density at radius 1 is 1.18 bits per heavy atom. The summed E-state index contributed by atoms with van der Waals surface area (Å²) in [5.74, 6) is -0.0265. The number of pyridine rings is 2. The molecule has 0 amide bonds. The van der Waals surface area contributed by atoms with Crippen molar-refractivity contribution in [2.45, 2.75) is 0 Å². The van der Waals surface area contributed by atoms with Crippen molar-refractivity contribution in [3.63, 3.8) is 0 Å². The van der Waals surface area contributed by atoms with Crippen LogP contribution >= 0.6 is 23.2 Å². The van der Waals surface area contributed by atoms with Crippen LogP contribution in [0.4, 0.5) is 15.8 Å². The van der Waals surface area contributed by atoms with Crippen molar-refractivity contribution < 1.29 is 9.13 Å². The van der Waals surface area contributed by atoms with Crippen LogP contribution in [0.3, 0.4) is 0 Å². The summed E-state index contributed by atoms with van der Waals surface area (Å²) in [6.45, 7) is 0. The zero-order valence-corrected chi connectivity index (χ0v) is 12.9. The van der Waals surface area contributed by atoms with Gasteiger partial charge in [-0.2, -0.15) is 0 Å². The molecule has 0 radical (unpaired) electrons. The fraction of sp³-hybridized carbons (Fsp3) is 0.0667. The van der Waals surface area contributed by atoms with Gasteiger partial charge in [0.1, 0.15) is 11.3 Å². The Hall–Kier alpha value is -2.11. The normalized spacial score (nSPS) is 10.7. The summed E-state index contributed by atoms with van der Waals surface area (Å²) in [5, 5.41) is 3.40. The molecule has 0 atom stereocenters. The molecule has 4 nitrogen and oxygen atoms in total. The quantitative estimate of drug-likeness (QED) is 0.695. The van der Waals surface area contributed by atoms with Gasteiger partial charge in [0.2, 0.25) is 0 Å². The molecule has 0 bridgehead atoms. The summed E-state index contributed by atoms with van der Waals surface area (Å²) in [7, 11) is 1.51. The van der Waals surface area contributed by atoms with E-state index in [0.29, 0.717) is 28.2 Å². The van der Waals surface area contributed by atoms with Gasteiger partial charge in [-0.15, -0.1) is 0 Å². The van der Waals surface area contributed by atoms with Crippen LogP contribution in [0.5, 0.6) is 5.75 Å². The second-order valence-electron chi connectivity index (χ2n) is 4.46. The van der Waals surface area contributed by atoms with E-state index in [4.69, 9.17) is 27.9 Å². The average Bonchev–Trinajstić information content (AvgIpc) is 2.51. The van der Waals surface area contributed by atoms with Crippen LogP contribution in [0.1, 0.15) is 0 Å². The Kier molecular flexibility index (Phi) is 4.00. The van der Waals surface area contributed by atoms with E-state index in [1.165, 1.54) is 19.2 Å². The van der Waals surface area contributed by atoms with E-state index in [-0.39, 0.29) is 10.2 Å². The Morgan fingerprint density at radius 2 is 2.00 bits per heavy atom. The summed E-state index contributed by atoms with van der Waals surface area (Å²) >= 11 is 11.8. The van der Waals surface area contributed by atoms with Gasteiger partial charge >= 0.3 is 0 Å². The molecule has 0 unspecified atom stereocenters. The highest BCUT2D eigenvalue weighted by molar-refractivity contribution is 6.31. The Bertz CT molecular complexity index is 858. The molecule has 0 aliphatic rings. The van der Waals surface area contributed by atoms with Gasteiger partial charge < -0.3 is 10.1 Å². The summed E-state index contributed by atoms with van der Waals surface area (Å²) in [4.78, 5) is 8.53. The van der Waals surface area contributed by atoms with Gasteiger partial charge in [-0.3, -0.25) is 4.98 Å². The number of hydrogen-bond acceptors (Lipinski definition) is 4. The molecule has 0 aliphatic heterocycles. The number of fused-ring (bicyclic) bond motifs is 1. The van der Waals surface area contributed by atoms with Crippen LogP contribution < -0.4 is 10.1 Å². The Labute approximate surface area is 135 Å². The van der Waals surface area contributed by atoms with Crippen molar-refractivity contribution in [2.75, 3.05) is 12.4 Å². The van der Waals surface area contributed by atoms with Gasteiger partial charge in [-0.05, 0) is 24.3 Å². The molecule has 0 saturated heterocycles. The van der Waals surface area contributed by atoms with Gasteiger partial charge in [0.15, 0.2) is 10.9 Å². The first-order valence-electron chi connectivity index (χ1n) is 6.30. The first-order chi connectivity index (χ1) is 10.6. The number of nitrogens with one attached hydrogen (secondary N) is 1. The lowest BCUT2D eigenvalue weighted by atomic mass is 10.2. The monoisotopic (exact) mass is 337 g/mol. The lowest BCUT2D eigenvalue weighted by molar-refractivity contribution is 0.414. The molecule has 7 heteroatoms. The predicted octanol–water partition coefficient (Wildman–Crippen LogP) is 4.83. The second-order valence-corrected chi connectivity index (χ2v) is 5.23. The third kappa shape index (κ3) is 2.77. The van der Waals surface area contributed by atoms with Crippen molar-refractivity contribution >= 4 is 45.6 Å². The lowest BCUT2D eigenvalue weighted by Gasteiger charge is -2.11. The standard InChI is InChI=1S/C15H10Cl2FN3O/c1-22-13-7-12-14(21-15(13)17)11(4-5-19-12)20-8-2-3-10(18)9(16)6-8/h2-7H,1H3,(H,19,20). The van der Waals surface area contributed by atoms with E-state index in [9.17, 15) is 4.39 Å². The molecule has 0 spiro atoms. The van der Waals surface area contributed by atoms with Crippen molar-refractivity contribution in [3.8, 4) is 5.75 Å². The molecule has 0 aliphatic carbocycles. The third-order valence-corrected chi connectivity index (χ3v) is 3.61. The van der Waals surface area contributed by atoms with Gasteiger partial charge in [0, 0.05) is 18.0 Å². The zero-order chi connectivity index (χ0) is 15.7. The summed E-state index contributed by atoms with van der Waals surface area (Å²) in [5.41, 5.74) is 2.51. The molecule has 3 aromatic rings. The van der Waals surface area contributed by atoms with Crippen molar-refractivity contribution in [1.82, 2.24) is 9.97 Å². The number of hydrogen-bond donors (Lipinski definition) is 1. The molecule has 1 N–H and O–H groups in total. The number of aromatic nitrogens is 2. The van der Waals surface area contributed by atoms with Crippen molar-refractivity contribution in [2.24, 2.45) is 0 Å². The van der Waals surface area contributed by atoms with Crippen molar-refractivity contribution in [1.29, 1.82) is 0 Å². The molecule has 2 heterocycles. The molecule has 0 fully saturated rings. The fourth-order valence-corrected chi connectivity index (χ4v) is 2.40. The van der Waals surface area contributed by atoms with E-state index in [0.717, 1.165) is 0 Å². The highest BCUT2D eigenvalue weighted by Crippen LogP contribution is 2.31. The maximum Gasteiger partial charge on any atom is 0.171 e. The van der Waals surface area contributed by atoms with Crippen LogP contribution in [0.15, 0.2) is 36.5 Å². The number of halogens is 3. The Morgan fingerprint density at radius 3 is 2.73 bits per heavy atom. The van der Waals surface area contributed by atoms with E-state index in [2.05, 4.69) is 15.3 Å². The van der Waals surface area contributed by atoms with Gasteiger partial charge in [-0.1, -0.05) is 23.2 Å².